The lowest BCUT2D eigenvalue weighted by molar-refractivity contribution is -0.124. The van der Waals surface area contributed by atoms with Gasteiger partial charge in [0.25, 0.3) is 11.5 Å². The highest BCUT2D eigenvalue weighted by Gasteiger charge is 2.30. The van der Waals surface area contributed by atoms with Crippen molar-refractivity contribution < 1.29 is 19.1 Å². The summed E-state index contributed by atoms with van der Waals surface area (Å²) in [6.07, 6.45) is 5.19. The molecule has 0 bridgehead atoms. The maximum Gasteiger partial charge on any atom is 0.410 e. The first kappa shape index (κ1) is 23.0. The van der Waals surface area contributed by atoms with Gasteiger partial charge < -0.3 is 19.9 Å². The number of carbonyl (C=O) groups is 3. The van der Waals surface area contributed by atoms with Gasteiger partial charge in [0.2, 0.25) is 0 Å². The monoisotopic (exact) mass is 457 g/mol. The Morgan fingerprint density at radius 2 is 1.88 bits per heavy atom. The Hall–Kier alpha value is -3.17. The van der Waals surface area contributed by atoms with Crippen LogP contribution in [0.5, 0.6) is 0 Å². The molecule has 10 nitrogen and oxygen atoms in total. The van der Waals surface area contributed by atoms with E-state index in [1.54, 1.807) is 9.42 Å². The minimum Gasteiger partial charge on any atom is -0.444 e. The molecule has 33 heavy (non-hydrogen) atoms. The molecule has 2 N–H and O–H groups in total. The van der Waals surface area contributed by atoms with E-state index in [0.29, 0.717) is 37.3 Å². The van der Waals surface area contributed by atoms with E-state index in [1.165, 1.54) is 12.3 Å². The Kier molecular flexibility index (Phi) is 6.27. The average molecular weight is 458 g/mol. The molecule has 2 aliphatic rings. The topological polar surface area (TPSA) is 126 Å². The van der Waals surface area contributed by atoms with Gasteiger partial charge in [0.05, 0.1) is 18.4 Å². The molecule has 2 fully saturated rings. The highest BCUT2D eigenvalue weighted by atomic mass is 16.6. The van der Waals surface area contributed by atoms with Gasteiger partial charge in [0.15, 0.2) is 5.78 Å². The fourth-order valence-corrected chi connectivity index (χ4v) is 4.29. The second-order valence-electron chi connectivity index (χ2n) is 9.90. The van der Waals surface area contributed by atoms with Crippen LogP contribution in [0.15, 0.2) is 17.1 Å². The molecular weight excluding hydrogens is 426 g/mol. The quantitative estimate of drug-likeness (QED) is 0.709. The van der Waals surface area contributed by atoms with Crippen LogP contribution in [-0.4, -0.2) is 62.5 Å². The molecule has 0 spiro atoms. The van der Waals surface area contributed by atoms with Gasteiger partial charge in [-0.1, -0.05) is 6.42 Å². The van der Waals surface area contributed by atoms with Crippen molar-refractivity contribution in [3.63, 3.8) is 0 Å². The van der Waals surface area contributed by atoms with Crippen LogP contribution in [0.25, 0.3) is 5.65 Å². The number of rotatable bonds is 5. The van der Waals surface area contributed by atoms with Crippen LogP contribution in [0, 0.1) is 5.92 Å². The molecule has 2 aromatic rings. The molecule has 3 heterocycles. The number of ether oxygens (including phenoxy) is 1. The minimum atomic E-state index is -0.554. The van der Waals surface area contributed by atoms with Crippen LogP contribution in [0.3, 0.4) is 0 Å². The fraction of sp³-hybridized carbons (Fsp3) is 0.609. The maximum absolute atomic E-state index is 12.7. The van der Waals surface area contributed by atoms with E-state index in [-0.39, 0.29) is 41.4 Å². The molecule has 0 atom stereocenters. The highest BCUT2D eigenvalue weighted by molar-refractivity contribution is 6.01. The summed E-state index contributed by atoms with van der Waals surface area (Å²) in [5.41, 5.74) is 0.345. The van der Waals surface area contributed by atoms with Crippen molar-refractivity contribution in [2.24, 2.45) is 5.92 Å². The third kappa shape index (κ3) is 5.09. The lowest BCUT2D eigenvalue weighted by Crippen LogP contribution is -2.41. The number of amides is 2. The third-order valence-corrected chi connectivity index (χ3v) is 6.33. The largest absolute Gasteiger partial charge is 0.444 e. The number of piperidine rings is 1. The standard InChI is InChI=1S/C23H31N5O5/c1-23(2,3)33-22(32)27-9-7-14(8-10-27)17-11-19(30)26-20-16(12-25-28(17)20)21(31)24-13-18(29)15-5-4-6-15/h11-12,14-15H,4-10,13H2,1-3H3,(H,24,31)(H,26,30). The first-order valence-electron chi connectivity index (χ1n) is 11.5. The maximum atomic E-state index is 12.7. The molecule has 4 rings (SSSR count). The number of H-pyrrole nitrogens is 1. The fourth-order valence-electron chi connectivity index (χ4n) is 4.29. The van der Waals surface area contributed by atoms with Crippen molar-refractivity contribution in [3.05, 3.63) is 33.9 Å². The molecule has 0 unspecified atom stereocenters. The molecule has 1 saturated carbocycles. The zero-order valence-corrected chi connectivity index (χ0v) is 19.3. The minimum absolute atomic E-state index is 0.00416. The van der Waals surface area contributed by atoms with E-state index in [4.69, 9.17) is 4.74 Å². The van der Waals surface area contributed by atoms with Gasteiger partial charge in [-0.25, -0.2) is 9.31 Å². The van der Waals surface area contributed by atoms with Crippen LogP contribution < -0.4 is 10.9 Å². The first-order chi connectivity index (χ1) is 15.6. The number of aromatic amines is 1. The van der Waals surface area contributed by atoms with Crippen molar-refractivity contribution in [1.29, 1.82) is 0 Å². The van der Waals surface area contributed by atoms with Crippen LogP contribution in [0.2, 0.25) is 0 Å². The molecule has 178 valence electrons. The summed E-state index contributed by atoms with van der Waals surface area (Å²) in [6, 6.07) is 1.50. The number of carbonyl (C=O) groups excluding carboxylic acids is 3. The molecule has 0 radical (unpaired) electrons. The van der Waals surface area contributed by atoms with Crippen molar-refractivity contribution in [1.82, 2.24) is 24.8 Å². The Labute approximate surface area is 191 Å². The average Bonchev–Trinajstić information content (AvgIpc) is 3.13. The number of aromatic nitrogens is 3. The number of ketones is 1. The number of hydrogen-bond donors (Lipinski definition) is 2. The molecule has 1 saturated heterocycles. The number of Topliss-reactive ketones (excluding diaryl/α,β-unsaturated/α-hetero) is 1. The molecule has 10 heteroatoms. The van der Waals surface area contributed by atoms with Gasteiger partial charge >= 0.3 is 6.09 Å². The van der Waals surface area contributed by atoms with Gasteiger partial charge in [0, 0.05) is 31.0 Å². The van der Waals surface area contributed by atoms with E-state index in [0.717, 1.165) is 19.3 Å². The van der Waals surface area contributed by atoms with Crippen molar-refractivity contribution in [2.75, 3.05) is 19.6 Å². The highest BCUT2D eigenvalue weighted by Crippen LogP contribution is 2.29. The van der Waals surface area contributed by atoms with Gasteiger partial charge in [-0.3, -0.25) is 14.4 Å². The van der Waals surface area contributed by atoms with E-state index in [9.17, 15) is 19.2 Å². The predicted molar refractivity (Wildman–Crippen MR) is 120 cm³/mol. The lowest BCUT2D eigenvalue weighted by atomic mass is 9.82. The Balaban J connectivity index is 1.46. The van der Waals surface area contributed by atoms with Gasteiger partial charge in [-0.05, 0) is 46.5 Å². The molecule has 1 aliphatic heterocycles. The second kappa shape index (κ2) is 8.99. The molecule has 2 amide bonds. The zero-order valence-electron chi connectivity index (χ0n) is 19.3. The summed E-state index contributed by atoms with van der Waals surface area (Å²) in [5, 5.41) is 7.00. The Morgan fingerprint density at radius 3 is 2.48 bits per heavy atom. The smallest absolute Gasteiger partial charge is 0.410 e. The van der Waals surface area contributed by atoms with Crippen LogP contribution >= 0.6 is 0 Å². The van der Waals surface area contributed by atoms with Gasteiger partial charge in [-0.2, -0.15) is 5.10 Å². The number of nitrogens with zero attached hydrogens (tertiary/aromatic N) is 3. The van der Waals surface area contributed by atoms with E-state index in [2.05, 4.69) is 15.4 Å². The first-order valence-corrected chi connectivity index (χ1v) is 11.5. The predicted octanol–water partition coefficient (Wildman–Crippen LogP) is 2.24. The summed E-state index contributed by atoms with van der Waals surface area (Å²) >= 11 is 0. The van der Waals surface area contributed by atoms with Gasteiger partial charge in [0.1, 0.15) is 16.8 Å². The molecule has 0 aromatic carbocycles. The van der Waals surface area contributed by atoms with Crippen LogP contribution in [0.1, 0.15) is 74.8 Å². The van der Waals surface area contributed by atoms with E-state index in [1.807, 2.05) is 20.8 Å². The van der Waals surface area contributed by atoms with E-state index < -0.39 is 11.5 Å². The number of likely N-dealkylation sites (tertiary alicyclic amines) is 1. The van der Waals surface area contributed by atoms with Crippen molar-refractivity contribution in [3.8, 4) is 0 Å². The summed E-state index contributed by atoms with van der Waals surface area (Å²) < 4.78 is 7.03. The van der Waals surface area contributed by atoms with Crippen LogP contribution in [-0.2, 0) is 9.53 Å². The molecule has 1 aliphatic carbocycles. The molecular formula is C23H31N5O5. The molecule has 2 aromatic heterocycles. The van der Waals surface area contributed by atoms with Crippen molar-refractivity contribution >= 4 is 23.4 Å². The summed E-state index contributed by atoms with van der Waals surface area (Å²) in [7, 11) is 0. The second-order valence-corrected chi connectivity index (χ2v) is 9.90. The van der Waals surface area contributed by atoms with Crippen molar-refractivity contribution in [2.45, 2.75) is 64.4 Å². The van der Waals surface area contributed by atoms with E-state index >= 15 is 0 Å². The summed E-state index contributed by atoms with van der Waals surface area (Å²) in [6.45, 7) is 6.49. The van der Waals surface area contributed by atoms with Crippen LogP contribution in [0.4, 0.5) is 4.79 Å². The Bertz CT molecular complexity index is 1120. The number of nitrogens with one attached hydrogen (secondary N) is 2. The number of hydrogen-bond acceptors (Lipinski definition) is 6. The summed E-state index contributed by atoms with van der Waals surface area (Å²) in [5.74, 6) is -0.348. The normalized spacial score (nSPS) is 17.6. The summed E-state index contributed by atoms with van der Waals surface area (Å²) in [4.78, 5) is 53.9. The SMILES string of the molecule is CC(C)(C)OC(=O)N1CCC(c2cc(=O)[nH]c3c(C(=O)NCC(=O)C4CCC4)cnn23)CC1. The number of fused-ring (bicyclic) bond motifs is 1. The lowest BCUT2D eigenvalue weighted by Gasteiger charge is -2.33. The zero-order chi connectivity index (χ0) is 23.8. The Morgan fingerprint density at radius 1 is 1.18 bits per heavy atom. The third-order valence-electron chi connectivity index (χ3n) is 6.33. The van der Waals surface area contributed by atoms with Gasteiger partial charge in [-0.15, -0.1) is 0 Å².